The van der Waals surface area contributed by atoms with Crippen molar-refractivity contribution in [3.8, 4) is 0 Å². The number of benzene rings is 1. The van der Waals surface area contributed by atoms with Crippen LogP contribution in [0.4, 0.5) is 14.5 Å². The van der Waals surface area contributed by atoms with E-state index in [1.807, 2.05) is 13.8 Å². The predicted octanol–water partition coefficient (Wildman–Crippen LogP) is 3.68. The van der Waals surface area contributed by atoms with Crippen molar-refractivity contribution < 1.29 is 13.6 Å². The molecular formula is C15H19F2NO. The van der Waals surface area contributed by atoms with Gasteiger partial charge in [-0.3, -0.25) is 4.79 Å². The summed E-state index contributed by atoms with van der Waals surface area (Å²) in [5.74, 6) is -1.80. The van der Waals surface area contributed by atoms with Crippen molar-refractivity contribution >= 4 is 11.6 Å². The fourth-order valence-corrected chi connectivity index (χ4v) is 2.63. The van der Waals surface area contributed by atoms with Gasteiger partial charge in [0.25, 0.3) is 0 Å². The van der Waals surface area contributed by atoms with Crippen molar-refractivity contribution in [2.75, 3.05) is 11.4 Å². The number of nitrogens with zero attached hydrogens (tertiary/aromatic N) is 1. The van der Waals surface area contributed by atoms with Crippen LogP contribution < -0.4 is 4.90 Å². The summed E-state index contributed by atoms with van der Waals surface area (Å²) < 4.78 is 26.6. The third-order valence-electron chi connectivity index (χ3n) is 3.65. The lowest BCUT2D eigenvalue weighted by atomic mass is 9.98. The maximum Gasteiger partial charge on any atom is 0.229 e. The molecule has 2 nitrogen and oxygen atoms in total. The van der Waals surface area contributed by atoms with Gasteiger partial charge in [0.05, 0.1) is 0 Å². The lowest BCUT2D eigenvalue weighted by molar-refractivity contribution is -0.122. The predicted molar refractivity (Wildman–Crippen MR) is 71.1 cm³/mol. The molecule has 1 aromatic carbocycles. The molecule has 0 bridgehead atoms. The van der Waals surface area contributed by atoms with E-state index in [1.165, 1.54) is 6.07 Å². The molecule has 4 heteroatoms. The van der Waals surface area contributed by atoms with Crippen LogP contribution in [0.15, 0.2) is 12.1 Å². The fraction of sp³-hybridized carbons (Fsp3) is 0.533. The normalized spacial score (nSPS) is 16.1. The summed E-state index contributed by atoms with van der Waals surface area (Å²) in [5, 5.41) is 0. The van der Waals surface area contributed by atoms with Crippen LogP contribution >= 0.6 is 0 Å². The van der Waals surface area contributed by atoms with Crippen molar-refractivity contribution in [1.29, 1.82) is 0 Å². The second-order valence-corrected chi connectivity index (χ2v) is 5.18. The van der Waals surface area contributed by atoms with Gasteiger partial charge in [-0.1, -0.05) is 20.3 Å². The molecule has 0 aromatic heterocycles. The number of hydrogen-bond donors (Lipinski definition) is 0. The summed E-state index contributed by atoms with van der Waals surface area (Å²) in [6, 6.07) is 2.37. The third-order valence-corrected chi connectivity index (χ3v) is 3.65. The average Bonchev–Trinajstić information content (AvgIpc) is 2.39. The van der Waals surface area contributed by atoms with Gasteiger partial charge in [0, 0.05) is 24.2 Å². The molecular weight excluding hydrogens is 248 g/mol. The summed E-state index contributed by atoms with van der Waals surface area (Å²) in [6.45, 7) is 4.51. The summed E-state index contributed by atoms with van der Waals surface area (Å²) in [7, 11) is 0. The van der Waals surface area contributed by atoms with Crippen molar-refractivity contribution in [3.63, 3.8) is 0 Å². The van der Waals surface area contributed by atoms with E-state index in [9.17, 15) is 13.6 Å². The summed E-state index contributed by atoms with van der Waals surface area (Å²) >= 11 is 0. The standard InChI is InChI=1S/C15H19F2NO/c1-3-5-10(2)15(19)18-7-4-6-11-8-12(16)13(17)9-14(11)18/h8-10H,3-7H2,1-2H3. The minimum Gasteiger partial charge on any atom is -0.312 e. The van der Waals surface area contributed by atoms with Crippen LogP contribution in [0, 0.1) is 17.6 Å². The highest BCUT2D eigenvalue weighted by atomic mass is 19.2. The number of carbonyl (C=O) groups excluding carboxylic acids is 1. The monoisotopic (exact) mass is 267 g/mol. The zero-order valence-electron chi connectivity index (χ0n) is 11.4. The lowest BCUT2D eigenvalue weighted by Gasteiger charge is -2.31. The first-order valence-electron chi connectivity index (χ1n) is 6.84. The topological polar surface area (TPSA) is 20.3 Å². The maximum absolute atomic E-state index is 13.4. The highest BCUT2D eigenvalue weighted by Gasteiger charge is 2.27. The van der Waals surface area contributed by atoms with E-state index in [0.717, 1.165) is 30.9 Å². The molecule has 1 aliphatic heterocycles. The molecule has 0 saturated carbocycles. The Kier molecular flexibility index (Phi) is 4.17. The SMILES string of the molecule is CCCC(C)C(=O)N1CCCc2cc(F)c(F)cc21. The van der Waals surface area contributed by atoms with E-state index in [-0.39, 0.29) is 11.8 Å². The molecule has 19 heavy (non-hydrogen) atoms. The second kappa shape index (κ2) is 5.68. The van der Waals surface area contributed by atoms with E-state index < -0.39 is 11.6 Å². The van der Waals surface area contributed by atoms with Crippen molar-refractivity contribution in [2.45, 2.75) is 39.5 Å². The van der Waals surface area contributed by atoms with Crippen LogP contribution in [0.3, 0.4) is 0 Å². The lowest BCUT2D eigenvalue weighted by Crippen LogP contribution is -2.39. The van der Waals surface area contributed by atoms with Crippen LogP contribution in [0.25, 0.3) is 0 Å². The molecule has 1 aliphatic rings. The van der Waals surface area contributed by atoms with Crippen molar-refractivity contribution in [1.82, 2.24) is 0 Å². The highest BCUT2D eigenvalue weighted by Crippen LogP contribution is 2.30. The van der Waals surface area contributed by atoms with Gasteiger partial charge in [-0.2, -0.15) is 0 Å². The van der Waals surface area contributed by atoms with Gasteiger partial charge in [0.15, 0.2) is 11.6 Å². The van der Waals surface area contributed by atoms with Gasteiger partial charge in [-0.05, 0) is 30.9 Å². The van der Waals surface area contributed by atoms with E-state index in [2.05, 4.69) is 0 Å². The fourth-order valence-electron chi connectivity index (χ4n) is 2.63. The largest absolute Gasteiger partial charge is 0.312 e. The Bertz CT molecular complexity index is 487. The number of fused-ring (bicyclic) bond motifs is 1. The molecule has 0 aliphatic carbocycles. The number of amides is 1. The van der Waals surface area contributed by atoms with Crippen molar-refractivity contribution in [3.05, 3.63) is 29.3 Å². The zero-order chi connectivity index (χ0) is 14.0. The Balaban J connectivity index is 2.31. The Labute approximate surface area is 112 Å². The summed E-state index contributed by atoms with van der Waals surface area (Å²) in [6.07, 6.45) is 3.24. The molecule has 1 atom stereocenters. The van der Waals surface area contributed by atoms with Crippen LogP contribution in [0.5, 0.6) is 0 Å². The molecule has 1 amide bonds. The highest BCUT2D eigenvalue weighted by molar-refractivity contribution is 5.96. The average molecular weight is 267 g/mol. The Hall–Kier alpha value is -1.45. The van der Waals surface area contributed by atoms with Gasteiger partial charge in [-0.15, -0.1) is 0 Å². The van der Waals surface area contributed by atoms with Crippen molar-refractivity contribution in [2.24, 2.45) is 5.92 Å². The molecule has 0 radical (unpaired) electrons. The molecule has 0 fully saturated rings. The van der Waals surface area contributed by atoms with E-state index >= 15 is 0 Å². The molecule has 1 heterocycles. The Morgan fingerprint density at radius 1 is 1.37 bits per heavy atom. The first kappa shape index (κ1) is 14.0. The quantitative estimate of drug-likeness (QED) is 0.818. The molecule has 1 unspecified atom stereocenters. The van der Waals surface area contributed by atoms with Gasteiger partial charge >= 0.3 is 0 Å². The van der Waals surface area contributed by atoms with Gasteiger partial charge in [0.2, 0.25) is 5.91 Å². The molecule has 0 saturated heterocycles. The first-order valence-corrected chi connectivity index (χ1v) is 6.84. The number of hydrogen-bond acceptors (Lipinski definition) is 1. The molecule has 0 spiro atoms. The number of rotatable bonds is 3. The molecule has 1 aromatic rings. The molecule has 2 rings (SSSR count). The maximum atomic E-state index is 13.4. The molecule has 104 valence electrons. The summed E-state index contributed by atoms with van der Waals surface area (Å²) in [4.78, 5) is 14.0. The molecule has 0 N–H and O–H groups in total. The van der Waals surface area contributed by atoms with Gasteiger partial charge < -0.3 is 4.90 Å². The Morgan fingerprint density at radius 3 is 2.74 bits per heavy atom. The minimum atomic E-state index is -0.887. The van der Waals surface area contributed by atoms with E-state index in [0.29, 0.717) is 18.7 Å². The number of anilines is 1. The van der Waals surface area contributed by atoms with Gasteiger partial charge in [0.1, 0.15) is 0 Å². The van der Waals surface area contributed by atoms with Crippen LogP contribution in [0.2, 0.25) is 0 Å². The first-order chi connectivity index (χ1) is 9.04. The number of carbonyl (C=O) groups is 1. The van der Waals surface area contributed by atoms with Crippen LogP contribution in [-0.4, -0.2) is 12.5 Å². The summed E-state index contributed by atoms with van der Waals surface area (Å²) in [5.41, 5.74) is 1.26. The van der Waals surface area contributed by atoms with E-state index in [1.54, 1.807) is 4.90 Å². The number of halogens is 2. The minimum absolute atomic E-state index is 0.00816. The van der Waals surface area contributed by atoms with Gasteiger partial charge in [-0.25, -0.2) is 8.78 Å². The zero-order valence-corrected chi connectivity index (χ0v) is 11.4. The van der Waals surface area contributed by atoms with E-state index in [4.69, 9.17) is 0 Å². The van der Waals surface area contributed by atoms with Crippen LogP contribution in [-0.2, 0) is 11.2 Å². The smallest absolute Gasteiger partial charge is 0.229 e. The third kappa shape index (κ3) is 2.77. The second-order valence-electron chi connectivity index (χ2n) is 5.18. The number of aryl methyl sites for hydroxylation is 1. The van der Waals surface area contributed by atoms with Crippen LogP contribution in [0.1, 0.15) is 38.7 Å². The Morgan fingerprint density at radius 2 is 2.05 bits per heavy atom.